The summed E-state index contributed by atoms with van der Waals surface area (Å²) in [7, 11) is 1.51. The topological polar surface area (TPSA) is 108 Å². The van der Waals surface area contributed by atoms with Crippen molar-refractivity contribution in [2.45, 2.75) is 52.2 Å². The normalized spacial score (nSPS) is 23.4. The van der Waals surface area contributed by atoms with Crippen molar-refractivity contribution in [1.29, 1.82) is 0 Å². The average Bonchev–Trinajstić information content (AvgIpc) is 2.55. The van der Waals surface area contributed by atoms with Crippen LogP contribution in [0.1, 0.15) is 33.1 Å². The predicted molar refractivity (Wildman–Crippen MR) is 95.4 cm³/mol. The minimum Gasteiger partial charge on any atom is -0.385 e. The van der Waals surface area contributed by atoms with E-state index in [9.17, 15) is 14.4 Å². The average molecular weight is 352 g/mol. The molecule has 0 aromatic carbocycles. The van der Waals surface area contributed by atoms with Crippen LogP contribution in [0.4, 0.5) is 5.82 Å². The van der Waals surface area contributed by atoms with E-state index in [4.69, 9.17) is 10.5 Å². The molecule has 3 atom stereocenters. The van der Waals surface area contributed by atoms with Crippen molar-refractivity contribution in [3.8, 4) is 0 Å². The van der Waals surface area contributed by atoms with Gasteiger partial charge < -0.3 is 15.8 Å². The summed E-state index contributed by atoms with van der Waals surface area (Å²) >= 11 is 0. The van der Waals surface area contributed by atoms with E-state index in [-0.39, 0.29) is 37.5 Å². The summed E-state index contributed by atoms with van der Waals surface area (Å²) in [4.78, 5) is 36.9. The first-order valence-corrected chi connectivity index (χ1v) is 8.73. The highest BCUT2D eigenvalue weighted by Crippen LogP contribution is 2.29. The molecule has 0 aliphatic heterocycles. The zero-order valence-corrected chi connectivity index (χ0v) is 15.2. The zero-order valence-electron chi connectivity index (χ0n) is 15.2. The number of carbonyl (C=O) groups is 1. The third-order valence-corrected chi connectivity index (χ3v) is 5.18. The summed E-state index contributed by atoms with van der Waals surface area (Å²) in [5.41, 5.74) is 4.57. The van der Waals surface area contributed by atoms with Crippen LogP contribution < -0.4 is 22.3 Å². The maximum Gasteiger partial charge on any atom is 0.333 e. The molecule has 8 nitrogen and oxygen atoms in total. The number of nitrogens with zero attached hydrogens (tertiary/aromatic N) is 2. The molecule has 1 aromatic rings. The van der Waals surface area contributed by atoms with Gasteiger partial charge in [0.2, 0.25) is 5.91 Å². The number of ether oxygens (including phenoxy) is 1. The van der Waals surface area contributed by atoms with E-state index >= 15 is 0 Å². The fraction of sp³-hybridized carbons (Fsp3) is 0.706. The summed E-state index contributed by atoms with van der Waals surface area (Å²) in [6.45, 7) is 4.51. The Hall–Kier alpha value is -2.09. The summed E-state index contributed by atoms with van der Waals surface area (Å²) in [6.07, 6.45) is 3.16. The number of rotatable bonds is 6. The van der Waals surface area contributed by atoms with Crippen molar-refractivity contribution in [2.24, 2.45) is 11.8 Å². The molecule has 3 N–H and O–H groups in total. The maximum absolute atomic E-state index is 12.5. The lowest BCUT2D eigenvalue weighted by atomic mass is 9.78. The highest BCUT2D eigenvalue weighted by molar-refractivity contribution is 5.76. The number of amides is 1. The fourth-order valence-corrected chi connectivity index (χ4v) is 3.37. The van der Waals surface area contributed by atoms with Gasteiger partial charge >= 0.3 is 5.69 Å². The van der Waals surface area contributed by atoms with Crippen molar-refractivity contribution in [2.75, 3.05) is 19.5 Å². The molecule has 140 valence electrons. The molecule has 0 saturated heterocycles. The Bertz CT molecular complexity index is 724. The molecule has 0 spiro atoms. The quantitative estimate of drug-likeness (QED) is 0.759. The van der Waals surface area contributed by atoms with Crippen LogP contribution in [0, 0.1) is 11.8 Å². The Kier molecular flexibility index (Phi) is 6.41. The minimum atomic E-state index is -0.595. The lowest BCUT2D eigenvalue weighted by Crippen LogP contribution is -2.48. The monoisotopic (exact) mass is 352 g/mol. The first-order valence-electron chi connectivity index (χ1n) is 8.73. The molecular weight excluding hydrogens is 324 g/mol. The van der Waals surface area contributed by atoms with Crippen LogP contribution in [-0.4, -0.2) is 34.8 Å². The first kappa shape index (κ1) is 19.2. The molecule has 0 bridgehead atoms. The van der Waals surface area contributed by atoms with Crippen molar-refractivity contribution in [1.82, 2.24) is 14.5 Å². The number of nitrogens with two attached hydrogens (primary N) is 1. The molecule has 25 heavy (non-hydrogen) atoms. The van der Waals surface area contributed by atoms with E-state index in [1.54, 1.807) is 0 Å². The molecule has 1 aromatic heterocycles. The maximum atomic E-state index is 12.5. The van der Waals surface area contributed by atoms with Crippen LogP contribution >= 0.6 is 0 Å². The minimum absolute atomic E-state index is 0.0680. The second kappa shape index (κ2) is 8.33. The summed E-state index contributed by atoms with van der Waals surface area (Å²) in [5.74, 6) is 0.662. The Morgan fingerprint density at radius 1 is 1.32 bits per heavy atom. The summed E-state index contributed by atoms with van der Waals surface area (Å²) in [6, 6.07) is 1.24. The van der Waals surface area contributed by atoms with Crippen molar-refractivity contribution in [3.63, 3.8) is 0 Å². The van der Waals surface area contributed by atoms with Gasteiger partial charge in [-0.15, -0.1) is 0 Å². The number of nitrogens with one attached hydrogen (secondary N) is 1. The molecule has 2 rings (SSSR count). The third kappa shape index (κ3) is 4.50. The van der Waals surface area contributed by atoms with Crippen LogP contribution in [0.2, 0.25) is 0 Å². The first-order chi connectivity index (χ1) is 11.8. The van der Waals surface area contributed by atoms with E-state index in [0.29, 0.717) is 11.8 Å². The van der Waals surface area contributed by atoms with Gasteiger partial charge in [-0.1, -0.05) is 26.7 Å². The molecule has 1 aliphatic rings. The Morgan fingerprint density at radius 3 is 2.72 bits per heavy atom. The van der Waals surface area contributed by atoms with Gasteiger partial charge in [-0.3, -0.25) is 18.7 Å². The molecular formula is C17H28N4O4. The lowest BCUT2D eigenvalue weighted by molar-refractivity contribution is -0.123. The zero-order chi connectivity index (χ0) is 18.6. The molecule has 1 amide bonds. The number of hydrogen-bond acceptors (Lipinski definition) is 5. The van der Waals surface area contributed by atoms with Gasteiger partial charge in [0.05, 0.1) is 13.2 Å². The molecule has 8 heteroatoms. The van der Waals surface area contributed by atoms with Gasteiger partial charge in [0, 0.05) is 19.2 Å². The molecule has 0 unspecified atom stereocenters. The Labute approximate surface area is 147 Å². The van der Waals surface area contributed by atoms with Crippen LogP contribution in [-0.2, 0) is 22.6 Å². The van der Waals surface area contributed by atoms with Gasteiger partial charge in [-0.05, 0) is 18.3 Å². The molecule has 0 radical (unpaired) electrons. The smallest absolute Gasteiger partial charge is 0.333 e. The van der Waals surface area contributed by atoms with E-state index in [1.165, 1.54) is 11.7 Å². The molecule has 1 aliphatic carbocycles. The van der Waals surface area contributed by atoms with E-state index < -0.39 is 11.2 Å². The SMILES string of the molecule is COCCn1c(N)cc(=O)n(CC(=O)N[C@@H]2CCC[C@H](C)[C@@H]2C)c1=O. The summed E-state index contributed by atoms with van der Waals surface area (Å²) in [5, 5.41) is 2.98. The van der Waals surface area contributed by atoms with Crippen molar-refractivity contribution >= 4 is 11.7 Å². The number of hydrogen-bond donors (Lipinski definition) is 2. The van der Waals surface area contributed by atoms with Crippen molar-refractivity contribution < 1.29 is 9.53 Å². The number of anilines is 1. The van der Waals surface area contributed by atoms with Gasteiger partial charge in [-0.2, -0.15) is 0 Å². The second-order valence-electron chi connectivity index (χ2n) is 6.86. The predicted octanol–water partition coefficient (Wildman–Crippen LogP) is 0.180. The molecule has 1 saturated carbocycles. The molecule has 1 fully saturated rings. The van der Waals surface area contributed by atoms with Crippen LogP contribution in [0.3, 0.4) is 0 Å². The van der Waals surface area contributed by atoms with Crippen LogP contribution in [0.5, 0.6) is 0 Å². The number of nitrogen functional groups attached to an aromatic ring is 1. The highest BCUT2D eigenvalue weighted by Gasteiger charge is 2.28. The molecule has 1 heterocycles. The Balaban J connectivity index is 2.15. The van der Waals surface area contributed by atoms with Crippen LogP contribution in [0.15, 0.2) is 15.7 Å². The van der Waals surface area contributed by atoms with Crippen LogP contribution in [0.25, 0.3) is 0 Å². The second-order valence-corrected chi connectivity index (χ2v) is 6.86. The number of methoxy groups -OCH3 is 1. The fourth-order valence-electron chi connectivity index (χ4n) is 3.37. The van der Waals surface area contributed by atoms with E-state index in [1.807, 2.05) is 0 Å². The van der Waals surface area contributed by atoms with E-state index in [0.717, 1.165) is 29.9 Å². The number of aromatic nitrogens is 2. The number of carbonyl (C=O) groups excluding carboxylic acids is 1. The lowest BCUT2D eigenvalue weighted by Gasteiger charge is -2.34. The standard InChI is InChI=1S/C17H28N4O4/c1-11-5-4-6-13(12(11)2)19-15(22)10-21-16(23)9-14(18)20(17(21)24)7-8-25-3/h9,11-13H,4-8,10,18H2,1-3H3,(H,19,22)/t11-,12-,13+/m0/s1. The Morgan fingerprint density at radius 2 is 2.04 bits per heavy atom. The van der Waals surface area contributed by atoms with Gasteiger partial charge in [0.15, 0.2) is 0 Å². The van der Waals surface area contributed by atoms with Gasteiger partial charge in [-0.25, -0.2) is 4.79 Å². The summed E-state index contributed by atoms with van der Waals surface area (Å²) < 4.78 is 7.10. The van der Waals surface area contributed by atoms with Gasteiger partial charge in [0.25, 0.3) is 5.56 Å². The largest absolute Gasteiger partial charge is 0.385 e. The van der Waals surface area contributed by atoms with Crippen molar-refractivity contribution in [3.05, 3.63) is 26.9 Å². The highest BCUT2D eigenvalue weighted by atomic mass is 16.5. The van der Waals surface area contributed by atoms with E-state index in [2.05, 4.69) is 19.2 Å². The van der Waals surface area contributed by atoms with Gasteiger partial charge in [0.1, 0.15) is 12.4 Å². The third-order valence-electron chi connectivity index (χ3n) is 5.18.